The van der Waals surface area contributed by atoms with Gasteiger partial charge in [0.1, 0.15) is 12.7 Å². The Hall–Kier alpha value is -3.48. The number of hydrogen-bond donors (Lipinski definition) is 0. The number of rotatable bonds is 5. The van der Waals surface area contributed by atoms with Crippen molar-refractivity contribution in [3.05, 3.63) is 77.9 Å². The summed E-state index contributed by atoms with van der Waals surface area (Å²) in [6, 6.07) is 14.9. The number of benzene rings is 2. The summed E-state index contributed by atoms with van der Waals surface area (Å²) >= 11 is 0. The largest absolute Gasteiger partial charge is 0.449 e. The van der Waals surface area contributed by atoms with Gasteiger partial charge < -0.3 is 9.64 Å². The zero-order valence-corrected chi connectivity index (χ0v) is 16.4. The van der Waals surface area contributed by atoms with Crippen molar-refractivity contribution in [1.82, 2.24) is 14.8 Å². The van der Waals surface area contributed by atoms with Crippen molar-refractivity contribution in [2.45, 2.75) is 39.0 Å². The minimum Gasteiger partial charge on any atom is -0.449 e. The number of ether oxygens (including phenoxy) is 1. The van der Waals surface area contributed by atoms with Gasteiger partial charge in [-0.25, -0.2) is 14.5 Å². The van der Waals surface area contributed by atoms with Crippen LogP contribution in [0.3, 0.4) is 0 Å². The normalized spacial score (nSPS) is 16.3. The quantitative estimate of drug-likeness (QED) is 0.626. The molecule has 148 valence electrons. The molecule has 1 amide bonds. The molecule has 2 heterocycles. The lowest BCUT2D eigenvalue weighted by molar-refractivity contribution is -0.126. The maximum Gasteiger partial charge on any atom is 0.338 e. The molecule has 0 aliphatic carbocycles. The Kier molecular flexibility index (Phi) is 5.12. The molecule has 3 aromatic rings. The van der Waals surface area contributed by atoms with Crippen LogP contribution in [0, 0.1) is 0 Å². The van der Waals surface area contributed by atoms with Gasteiger partial charge in [-0.05, 0) is 49.6 Å². The van der Waals surface area contributed by atoms with E-state index in [2.05, 4.69) is 10.1 Å². The summed E-state index contributed by atoms with van der Waals surface area (Å²) in [5, 5.41) is 4.06. The van der Waals surface area contributed by atoms with Crippen molar-refractivity contribution < 1.29 is 14.3 Å². The molecule has 0 spiro atoms. The first kappa shape index (κ1) is 18.9. The van der Waals surface area contributed by atoms with Crippen molar-refractivity contribution >= 4 is 17.6 Å². The van der Waals surface area contributed by atoms with E-state index in [9.17, 15) is 9.59 Å². The summed E-state index contributed by atoms with van der Waals surface area (Å²) in [4.78, 5) is 31.1. The Bertz CT molecular complexity index is 1010. The van der Waals surface area contributed by atoms with Crippen molar-refractivity contribution in [2.24, 2.45) is 0 Å². The lowest BCUT2D eigenvalue weighted by atomic mass is 10.1. The fourth-order valence-electron chi connectivity index (χ4n) is 3.62. The molecule has 2 aromatic carbocycles. The Labute approximate surface area is 168 Å². The van der Waals surface area contributed by atoms with E-state index in [0.29, 0.717) is 12.1 Å². The maximum absolute atomic E-state index is 13.0. The van der Waals surface area contributed by atoms with Crippen LogP contribution in [-0.2, 0) is 22.5 Å². The SMILES string of the molecule is C[C@@H](OC(=O)c1ccc(Cn2cncn2)cc1)C(=O)N1c2ccccc2C[C@@H]1C. The number of nitrogens with zero attached hydrogens (tertiary/aromatic N) is 4. The number of fused-ring (bicyclic) bond motifs is 1. The van der Waals surface area contributed by atoms with Gasteiger partial charge in [-0.15, -0.1) is 0 Å². The van der Waals surface area contributed by atoms with Crippen molar-refractivity contribution in [3.63, 3.8) is 0 Å². The molecule has 2 atom stereocenters. The Morgan fingerprint density at radius 1 is 1.17 bits per heavy atom. The highest BCUT2D eigenvalue weighted by Crippen LogP contribution is 2.32. The van der Waals surface area contributed by atoms with Crippen LogP contribution in [-0.4, -0.2) is 38.8 Å². The molecular formula is C22H22N4O3. The number of amides is 1. The first-order valence-corrected chi connectivity index (χ1v) is 9.56. The van der Waals surface area contributed by atoms with Gasteiger partial charge in [0.2, 0.25) is 0 Å². The zero-order chi connectivity index (χ0) is 20.4. The van der Waals surface area contributed by atoms with Crippen LogP contribution in [0.25, 0.3) is 0 Å². The average molecular weight is 390 g/mol. The van der Waals surface area contributed by atoms with Gasteiger partial charge in [0.15, 0.2) is 6.10 Å². The van der Waals surface area contributed by atoms with Gasteiger partial charge in [-0.1, -0.05) is 30.3 Å². The van der Waals surface area contributed by atoms with Gasteiger partial charge in [-0.3, -0.25) is 4.79 Å². The second-order valence-corrected chi connectivity index (χ2v) is 7.23. The number of carbonyl (C=O) groups is 2. The Morgan fingerprint density at radius 3 is 2.66 bits per heavy atom. The molecule has 0 bridgehead atoms. The molecule has 0 N–H and O–H groups in total. The summed E-state index contributed by atoms with van der Waals surface area (Å²) in [6.07, 6.45) is 3.04. The highest BCUT2D eigenvalue weighted by Gasteiger charge is 2.34. The van der Waals surface area contributed by atoms with E-state index in [1.165, 1.54) is 6.33 Å². The molecule has 4 rings (SSSR count). The third-order valence-electron chi connectivity index (χ3n) is 5.08. The third-order valence-corrected chi connectivity index (χ3v) is 5.08. The van der Waals surface area contributed by atoms with Crippen LogP contribution in [0.15, 0.2) is 61.2 Å². The fraction of sp³-hybridized carbons (Fsp3) is 0.273. The van der Waals surface area contributed by atoms with E-state index in [4.69, 9.17) is 4.74 Å². The van der Waals surface area contributed by atoms with Crippen LogP contribution in [0.2, 0.25) is 0 Å². The number of aromatic nitrogens is 3. The van der Waals surface area contributed by atoms with E-state index in [-0.39, 0.29) is 11.9 Å². The molecule has 7 nitrogen and oxygen atoms in total. The van der Waals surface area contributed by atoms with E-state index < -0.39 is 12.1 Å². The maximum atomic E-state index is 13.0. The molecule has 1 aliphatic heterocycles. The summed E-state index contributed by atoms with van der Waals surface area (Å²) < 4.78 is 7.16. The third kappa shape index (κ3) is 3.89. The molecule has 7 heteroatoms. The van der Waals surface area contributed by atoms with E-state index in [0.717, 1.165) is 23.2 Å². The standard InChI is InChI=1S/C22H22N4O3/c1-15-11-19-5-3-4-6-20(19)26(15)21(27)16(2)29-22(28)18-9-7-17(8-10-18)12-25-14-23-13-24-25/h3-10,13-16H,11-12H2,1-2H3/t15-,16+/m0/s1. The second-order valence-electron chi connectivity index (χ2n) is 7.23. The highest BCUT2D eigenvalue weighted by molar-refractivity contribution is 6.00. The van der Waals surface area contributed by atoms with Gasteiger partial charge >= 0.3 is 5.97 Å². The molecule has 0 fully saturated rings. The molecule has 0 saturated carbocycles. The average Bonchev–Trinajstić information content (AvgIpc) is 3.34. The summed E-state index contributed by atoms with van der Waals surface area (Å²) in [5.41, 5.74) is 3.42. The fourth-order valence-corrected chi connectivity index (χ4v) is 3.62. The molecule has 0 unspecified atom stereocenters. The van der Waals surface area contributed by atoms with E-state index in [1.807, 2.05) is 43.3 Å². The lowest BCUT2D eigenvalue weighted by Gasteiger charge is -2.26. The van der Waals surface area contributed by atoms with Gasteiger partial charge in [-0.2, -0.15) is 5.10 Å². The Balaban J connectivity index is 1.41. The molecule has 29 heavy (non-hydrogen) atoms. The van der Waals surface area contributed by atoms with E-state index in [1.54, 1.807) is 35.0 Å². The molecular weight excluding hydrogens is 368 g/mol. The van der Waals surface area contributed by atoms with Crippen LogP contribution in [0.1, 0.15) is 35.3 Å². The first-order chi connectivity index (χ1) is 14.0. The summed E-state index contributed by atoms with van der Waals surface area (Å²) in [7, 11) is 0. The molecule has 1 aromatic heterocycles. The van der Waals surface area contributed by atoms with Gasteiger partial charge in [0.05, 0.1) is 12.1 Å². The number of para-hydroxylation sites is 1. The molecule has 0 saturated heterocycles. The predicted molar refractivity (Wildman–Crippen MR) is 108 cm³/mol. The number of esters is 1. The number of carbonyl (C=O) groups excluding carboxylic acids is 2. The smallest absolute Gasteiger partial charge is 0.338 e. The van der Waals surface area contributed by atoms with Crippen LogP contribution in [0.5, 0.6) is 0 Å². The zero-order valence-electron chi connectivity index (χ0n) is 16.4. The predicted octanol–water partition coefficient (Wildman–Crippen LogP) is 2.85. The monoisotopic (exact) mass is 390 g/mol. The topological polar surface area (TPSA) is 77.3 Å². The summed E-state index contributed by atoms with van der Waals surface area (Å²) in [6.45, 7) is 4.18. The minimum atomic E-state index is -0.870. The van der Waals surface area contributed by atoms with Gasteiger partial charge in [0.25, 0.3) is 5.91 Å². The number of anilines is 1. The van der Waals surface area contributed by atoms with Crippen molar-refractivity contribution in [3.8, 4) is 0 Å². The minimum absolute atomic E-state index is 0.0390. The first-order valence-electron chi connectivity index (χ1n) is 9.56. The Morgan fingerprint density at radius 2 is 1.93 bits per heavy atom. The second kappa shape index (κ2) is 7.87. The molecule has 0 radical (unpaired) electrons. The van der Waals surface area contributed by atoms with Crippen LogP contribution < -0.4 is 4.90 Å². The van der Waals surface area contributed by atoms with Crippen molar-refractivity contribution in [1.29, 1.82) is 0 Å². The van der Waals surface area contributed by atoms with Gasteiger partial charge in [0, 0.05) is 11.7 Å². The van der Waals surface area contributed by atoms with Crippen LogP contribution >= 0.6 is 0 Å². The number of hydrogen-bond acceptors (Lipinski definition) is 5. The van der Waals surface area contributed by atoms with Crippen molar-refractivity contribution in [2.75, 3.05) is 4.90 Å². The van der Waals surface area contributed by atoms with E-state index >= 15 is 0 Å². The lowest BCUT2D eigenvalue weighted by Crippen LogP contribution is -2.43. The highest BCUT2D eigenvalue weighted by atomic mass is 16.5. The van der Waals surface area contributed by atoms with Crippen LogP contribution in [0.4, 0.5) is 5.69 Å². The summed E-state index contributed by atoms with van der Waals surface area (Å²) in [5.74, 6) is -0.725. The molecule has 1 aliphatic rings.